The molecule has 0 saturated carbocycles. The third kappa shape index (κ3) is 5.94. The highest BCUT2D eigenvalue weighted by Crippen LogP contribution is 2.22. The van der Waals surface area contributed by atoms with Crippen molar-refractivity contribution in [2.75, 3.05) is 13.2 Å². The Morgan fingerprint density at radius 3 is 2.53 bits per heavy atom. The molecule has 0 spiro atoms. The molecule has 1 N–H and O–H groups in total. The maximum atomic E-state index is 14.1. The molecule has 5 nitrogen and oxygen atoms in total. The number of nitrogens with one attached hydrogen (secondary N) is 1. The number of ether oxygens (including phenoxy) is 1. The smallest absolute Gasteiger partial charge is 0.250 e. The van der Waals surface area contributed by atoms with Crippen molar-refractivity contribution in [2.45, 2.75) is 19.9 Å². The SMILES string of the molecule is CC(=O)NCCCOc1ccc(-c2ccc(=O)n(Cc3ccc(Cl)cc3F)c2)cc1. The number of halogens is 2. The Morgan fingerprint density at radius 2 is 1.83 bits per heavy atom. The fourth-order valence-electron chi connectivity index (χ4n) is 2.93. The van der Waals surface area contributed by atoms with E-state index in [1.807, 2.05) is 24.3 Å². The van der Waals surface area contributed by atoms with Crippen LogP contribution in [-0.4, -0.2) is 23.6 Å². The number of rotatable bonds is 8. The Morgan fingerprint density at radius 1 is 1.10 bits per heavy atom. The number of benzene rings is 2. The largest absolute Gasteiger partial charge is 0.494 e. The Labute approximate surface area is 179 Å². The van der Waals surface area contributed by atoms with Gasteiger partial charge in [-0.2, -0.15) is 0 Å². The fraction of sp³-hybridized carbons (Fsp3) is 0.217. The predicted molar refractivity (Wildman–Crippen MR) is 115 cm³/mol. The Bertz CT molecular complexity index is 1080. The van der Waals surface area contributed by atoms with Crippen LogP contribution in [0.3, 0.4) is 0 Å². The summed E-state index contributed by atoms with van der Waals surface area (Å²) in [5.74, 6) is 0.220. The highest BCUT2D eigenvalue weighted by molar-refractivity contribution is 6.30. The van der Waals surface area contributed by atoms with E-state index >= 15 is 0 Å². The molecule has 7 heteroatoms. The molecule has 0 radical (unpaired) electrons. The van der Waals surface area contributed by atoms with Gasteiger partial charge in [-0.15, -0.1) is 0 Å². The first-order valence-corrected chi connectivity index (χ1v) is 9.92. The van der Waals surface area contributed by atoms with Crippen LogP contribution in [0.5, 0.6) is 5.75 Å². The number of hydrogen-bond acceptors (Lipinski definition) is 3. The van der Waals surface area contributed by atoms with Gasteiger partial charge in [-0.3, -0.25) is 9.59 Å². The molecular weight excluding hydrogens is 407 g/mol. The monoisotopic (exact) mass is 428 g/mol. The number of hydrogen-bond donors (Lipinski definition) is 1. The van der Waals surface area contributed by atoms with Gasteiger partial charge in [-0.1, -0.05) is 29.8 Å². The molecule has 0 unspecified atom stereocenters. The second-order valence-corrected chi connectivity index (χ2v) is 7.27. The number of nitrogens with zero attached hydrogens (tertiary/aromatic N) is 1. The molecule has 1 heterocycles. The molecule has 3 rings (SSSR count). The van der Waals surface area contributed by atoms with Crippen molar-refractivity contribution < 1.29 is 13.9 Å². The number of aromatic nitrogens is 1. The van der Waals surface area contributed by atoms with Gasteiger partial charge in [0, 0.05) is 36.3 Å². The lowest BCUT2D eigenvalue weighted by Crippen LogP contribution is -2.22. The van der Waals surface area contributed by atoms with Crippen molar-refractivity contribution in [2.24, 2.45) is 0 Å². The van der Waals surface area contributed by atoms with Crippen LogP contribution in [0.1, 0.15) is 18.9 Å². The molecule has 30 heavy (non-hydrogen) atoms. The first kappa shape index (κ1) is 21.6. The fourth-order valence-corrected chi connectivity index (χ4v) is 3.09. The summed E-state index contributed by atoms with van der Waals surface area (Å²) in [6.45, 7) is 2.67. The van der Waals surface area contributed by atoms with Crippen LogP contribution < -0.4 is 15.6 Å². The summed E-state index contributed by atoms with van der Waals surface area (Å²) in [6, 6.07) is 15.1. The Balaban J connectivity index is 1.68. The molecule has 0 saturated heterocycles. The van der Waals surface area contributed by atoms with Crippen LogP contribution in [0.2, 0.25) is 5.02 Å². The second-order valence-electron chi connectivity index (χ2n) is 6.83. The van der Waals surface area contributed by atoms with Crippen molar-refractivity contribution in [3.8, 4) is 16.9 Å². The Kier molecular flexibility index (Phi) is 7.25. The van der Waals surface area contributed by atoms with Gasteiger partial charge in [-0.05, 0) is 47.9 Å². The standard InChI is InChI=1S/C23H22ClFN2O3/c1-16(28)26-11-2-12-30-21-8-4-17(5-9-21)18-6-10-23(29)27(14-18)15-19-3-7-20(24)13-22(19)25/h3-10,13-14H,2,11-12,15H2,1H3,(H,26,28). The molecule has 0 atom stereocenters. The van der Waals surface area contributed by atoms with Gasteiger partial charge in [0.25, 0.3) is 5.56 Å². The molecule has 2 aromatic carbocycles. The molecule has 1 aromatic heterocycles. The van der Waals surface area contributed by atoms with Crippen LogP contribution in [-0.2, 0) is 11.3 Å². The minimum absolute atomic E-state index is 0.0560. The van der Waals surface area contributed by atoms with E-state index in [1.165, 1.54) is 23.6 Å². The van der Waals surface area contributed by atoms with E-state index in [-0.39, 0.29) is 18.0 Å². The molecule has 0 aliphatic carbocycles. The maximum absolute atomic E-state index is 14.1. The zero-order valence-electron chi connectivity index (χ0n) is 16.5. The third-order valence-corrected chi connectivity index (χ3v) is 4.73. The summed E-state index contributed by atoms with van der Waals surface area (Å²) < 4.78 is 21.2. The minimum Gasteiger partial charge on any atom is -0.494 e. The maximum Gasteiger partial charge on any atom is 0.250 e. The van der Waals surface area contributed by atoms with Crippen molar-refractivity contribution in [1.82, 2.24) is 9.88 Å². The van der Waals surface area contributed by atoms with Crippen molar-refractivity contribution in [3.63, 3.8) is 0 Å². The van der Waals surface area contributed by atoms with Crippen LogP contribution in [0.4, 0.5) is 4.39 Å². The molecule has 0 bridgehead atoms. The van der Waals surface area contributed by atoms with Gasteiger partial charge in [0.05, 0.1) is 13.2 Å². The lowest BCUT2D eigenvalue weighted by molar-refractivity contribution is -0.118. The van der Waals surface area contributed by atoms with E-state index < -0.39 is 5.82 Å². The first-order valence-electron chi connectivity index (χ1n) is 9.54. The molecule has 3 aromatic rings. The highest BCUT2D eigenvalue weighted by atomic mass is 35.5. The van der Waals surface area contributed by atoms with E-state index in [4.69, 9.17) is 16.3 Å². The number of carbonyl (C=O) groups excluding carboxylic acids is 1. The van der Waals surface area contributed by atoms with Gasteiger partial charge in [0.1, 0.15) is 11.6 Å². The Hall–Kier alpha value is -3.12. The summed E-state index contributed by atoms with van der Waals surface area (Å²) in [6.07, 6.45) is 2.42. The molecule has 0 aliphatic rings. The van der Waals surface area contributed by atoms with Crippen molar-refractivity contribution in [3.05, 3.63) is 87.6 Å². The number of pyridine rings is 1. The van der Waals surface area contributed by atoms with Gasteiger partial charge in [-0.25, -0.2) is 4.39 Å². The predicted octanol–water partition coefficient (Wildman–Crippen LogP) is 4.26. The van der Waals surface area contributed by atoms with E-state index in [0.717, 1.165) is 16.9 Å². The van der Waals surface area contributed by atoms with E-state index in [9.17, 15) is 14.0 Å². The highest BCUT2D eigenvalue weighted by Gasteiger charge is 2.07. The molecule has 0 fully saturated rings. The third-order valence-electron chi connectivity index (χ3n) is 4.49. The molecule has 0 aliphatic heterocycles. The summed E-state index contributed by atoms with van der Waals surface area (Å²) in [4.78, 5) is 23.1. The lowest BCUT2D eigenvalue weighted by atomic mass is 10.1. The van der Waals surface area contributed by atoms with E-state index in [2.05, 4.69) is 5.32 Å². The van der Waals surface area contributed by atoms with Gasteiger partial charge in [0.2, 0.25) is 5.91 Å². The summed E-state index contributed by atoms with van der Waals surface area (Å²) in [7, 11) is 0. The van der Waals surface area contributed by atoms with Crippen LogP contribution in [0.15, 0.2) is 65.6 Å². The van der Waals surface area contributed by atoms with Crippen LogP contribution >= 0.6 is 11.6 Å². The number of carbonyl (C=O) groups is 1. The first-order chi connectivity index (χ1) is 14.4. The van der Waals surface area contributed by atoms with Gasteiger partial charge in [0.15, 0.2) is 0 Å². The quantitative estimate of drug-likeness (QED) is 0.545. The topological polar surface area (TPSA) is 60.3 Å². The minimum atomic E-state index is -0.445. The average Bonchev–Trinajstić information content (AvgIpc) is 2.71. The zero-order valence-corrected chi connectivity index (χ0v) is 17.3. The normalized spacial score (nSPS) is 10.6. The number of amides is 1. The molecule has 1 amide bonds. The summed E-state index contributed by atoms with van der Waals surface area (Å²) >= 11 is 5.79. The zero-order chi connectivity index (χ0) is 21.5. The van der Waals surface area contributed by atoms with E-state index in [0.29, 0.717) is 30.2 Å². The molecular formula is C23H22ClFN2O3. The van der Waals surface area contributed by atoms with Gasteiger partial charge < -0.3 is 14.6 Å². The average molecular weight is 429 g/mol. The summed E-state index contributed by atoms with van der Waals surface area (Å²) in [5.41, 5.74) is 1.92. The lowest BCUT2D eigenvalue weighted by Gasteiger charge is -2.11. The second kappa shape index (κ2) is 10.1. The molecule has 156 valence electrons. The van der Waals surface area contributed by atoms with E-state index in [1.54, 1.807) is 24.4 Å². The van der Waals surface area contributed by atoms with Crippen LogP contribution in [0.25, 0.3) is 11.1 Å². The van der Waals surface area contributed by atoms with Crippen molar-refractivity contribution in [1.29, 1.82) is 0 Å². The van der Waals surface area contributed by atoms with Crippen molar-refractivity contribution >= 4 is 17.5 Å². The summed E-state index contributed by atoms with van der Waals surface area (Å²) in [5, 5.41) is 3.03. The van der Waals surface area contributed by atoms with Gasteiger partial charge >= 0.3 is 0 Å². The van der Waals surface area contributed by atoms with Crippen LogP contribution in [0, 0.1) is 5.82 Å².